The number of piperidine rings is 1. The van der Waals surface area contributed by atoms with E-state index < -0.39 is 0 Å². The maximum atomic E-state index is 12.5. The molecule has 6 nitrogen and oxygen atoms in total. The van der Waals surface area contributed by atoms with E-state index in [0.29, 0.717) is 18.8 Å². The molecule has 2 heterocycles. The summed E-state index contributed by atoms with van der Waals surface area (Å²) in [6.07, 6.45) is 2.00. The highest BCUT2D eigenvalue weighted by atomic mass is 16.5. The molecule has 6 heteroatoms. The van der Waals surface area contributed by atoms with E-state index in [1.54, 1.807) is 7.11 Å². The minimum absolute atomic E-state index is 0.0156. The second-order valence-corrected chi connectivity index (χ2v) is 5.98. The Bertz CT molecular complexity index is 641. The van der Waals surface area contributed by atoms with Gasteiger partial charge >= 0.3 is 0 Å². The molecule has 0 saturated carbocycles. The molecule has 1 fully saturated rings. The predicted octanol–water partition coefficient (Wildman–Crippen LogP) is 1.31. The number of nitrogens with one attached hydrogen (secondary N) is 3. The maximum Gasteiger partial charge on any atom is 0.272 e. The number of rotatable bonds is 5. The van der Waals surface area contributed by atoms with Crippen molar-refractivity contribution in [3.05, 3.63) is 30.0 Å². The van der Waals surface area contributed by atoms with Gasteiger partial charge in [-0.1, -0.05) is 18.2 Å². The van der Waals surface area contributed by atoms with Crippen molar-refractivity contribution in [3.8, 4) is 0 Å². The highest BCUT2D eigenvalue weighted by Gasteiger charge is 2.32. The van der Waals surface area contributed by atoms with Gasteiger partial charge in [0.1, 0.15) is 0 Å². The number of amides is 1. The predicted molar refractivity (Wildman–Crippen MR) is 84.8 cm³/mol. The van der Waals surface area contributed by atoms with Crippen molar-refractivity contribution in [1.82, 2.24) is 20.8 Å². The standard InChI is InChI=1S/C16H22N4O2/c1-22-11-16(6-8-17-9-7-16)10-18-15(21)14-12-4-2-3-5-13(12)19-20-14/h2-5,17H,6-11H2,1H3,(H,18,21)(H,19,20). The number of aromatic amines is 1. The number of ether oxygens (including phenoxy) is 1. The van der Waals surface area contributed by atoms with Crippen molar-refractivity contribution in [1.29, 1.82) is 0 Å². The molecule has 1 saturated heterocycles. The number of para-hydroxylation sites is 1. The number of carbonyl (C=O) groups excluding carboxylic acids is 1. The number of methoxy groups -OCH3 is 1. The average molecular weight is 302 g/mol. The normalized spacial score (nSPS) is 17.5. The molecule has 1 aliphatic heterocycles. The van der Waals surface area contributed by atoms with E-state index in [9.17, 15) is 4.79 Å². The first kappa shape index (κ1) is 15.0. The summed E-state index contributed by atoms with van der Waals surface area (Å²) in [4.78, 5) is 12.5. The summed E-state index contributed by atoms with van der Waals surface area (Å²) in [6.45, 7) is 3.20. The van der Waals surface area contributed by atoms with Gasteiger partial charge in [-0.2, -0.15) is 5.10 Å². The van der Waals surface area contributed by atoms with Crippen LogP contribution < -0.4 is 10.6 Å². The molecule has 118 valence electrons. The van der Waals surface area contributed by atoms with Crippen LogP contribution >= 0.6 is 0 Å². The lowest BCUT2D eigenvalue weighted by Gasteiger charge is -2.37. The van der Waals surface area contributed by atoms with E-state index in [2.05, 4.69) is 20.8 Å². The van der Waals surface area contributed by atoms with Gasteiger partial charge in [-0.15, -0.1) is 0 Å². The first-order valence-electron chi connectivity index (χ1n) is 7.65. The van der Waals surface area contributed by atoms with Gasteiger partial charge in [-0.25, -0.2) is 0 Å². The highest BCUT2D eigenvalue weighted by molar-refractivity contribution is 6.04. The minimum atomic E-state index is -0.133. The average Bonchev–Trinajstić information content (AvgIpc) is 2.98. The zero-order valence-corrected chi connectivity index (χ0v) is 12.8. The van der Waals surface area contributed by atoms with E-state index in [0.717, 1.165) is 36.8 Å². The Morgan fingerprint density at radius 2 is 2.14 bits per heavy atom. The third-order valence-electron chi connectivity index (χ3n) is 4.42. The number of benzene rings is 1. The molecule has 0 atom stereocenters. The van der Waals surface area contributed by atoms with Crippen molar-refractivity contribution < 1.29 is 9.53 Å². The molecule has 3 N–H and O–H groups in total. The molecule has 0 bridgehead atoms. The lowest BCUT2D eigenvalue weighted by Crippen LogP contribution is -2.47. The zero-order chi connectivity index (χ0) is 15.4. The Morgan fingerprint density at radius 1 is 1.36 bits per heavy atom. The lowest BCUT2D eigenvalue weighted by molar-refractivity contribution is 0.0511. The second-order valence-electron chi connectivity index (χ2n) is 5.98. The molecule has 0 radical (unpaired) electrons. The van der Waals surface area contributed by atoms with Gasteiger partial charge in [-0.3, -0.25) is 9.89 Å². The van der Waals surface area contributed by atoms with Gasteiger partial charge in [0.05, 0.1) is 12.1 Å². The van der Waals surface area contributed by atoms with Gasteiger partial charge in [0.25, 0.3) is 5.91 Å². The molecule has 22 heavy (non-hydrogen) atoms. The Labute approximate surface area is 129 Å². The number of hydrogen-bond acceptors (Lipinski definition) is 4. The second kappa shape index (κ2) is 6.46. The summed E-state index contributed by atoms with van der Waals surface area (Å²) < 4.78 is 5.38. The van der Waals surface area contributed by atoms with Crippen LogP contribution in [-0.2, 0) is 4.74 Å². The summed E-state index contributed by atoms with van der Waals surface area (Å²) in [5, 5.41) is 14.3. The number of nitrogens with zero attached hydrogens (tertiary/aromatic N) is 1. The fourth-order valence-electron chi connectivity index (χ4n) is 3.12. The van der Waals surface area contributed by atoms with Crippen molar-refractivity contribution in [2.45, 2.75) is 12.8 Å². The number of carbonyl (C=O) groups is 1. The van der Waals surface area contributed by atoms with E-state index >= 15 is 0 Å². The zero-order valence-electron chi connectivity index (χ0n) is 12.8. The molecule has 0 unspecified atom stereocenters. The maximum absolute atomic E-state index is 12.5. The smallest absolute Gasteiger partial charge is 0.272 e. The van der Waals surface area contributed by atoms with Crippen LogP contribution in [-0.4, -0.2) is 49.5 Å². The van der Waals surface area contributed by atoms with E-state index in [4.69, 9.17) is 4.74 Å². The molecule has 1 aliphatic rings. The fraction of sp³-hybridized carbons (Fsp3) is 0.500. The van der Waals surface area contributed by atoms with Crippen LogP contribution in [0.5, 0.6) is 0 Å². The Balaban J connectivity index is 1.71. The summed E-state index contributed by atoms with van der Waals surface area (Å²) in [5.41, 5.74) is 1.35. The molecule has 0 spiro atoms. The first-order valence-corrected chi connectivity index (χ1v) is 7.65. The van der Waals surface area contributed by atoms with Crippen molar-refractivity contribution in [3.63, 3.8) is 0 Å². The van der Waals surface area contributed by atoms with Gasteiger partial charge in [0, 0.05) is 24.5 Å². The molecule has 1 aromatic heterocycles. The van der Waals surface area contributed by atoms with Gasteiger partial charge in [-0.05, 0) is 32.0 Å². The quantitative estimate of drug-likeness (QED) is 0.778. The van der Waals surface area contributed by atoms with E-state index in [1.165, 1.54) is 0 Å². The largest absolute Gasteiger partial charge is 0.384 e. The summed E-state index contributed by atoms with van der Waals surface area (Å²) in [6, 6.07) is 7.65. The third kappa shape index (κ3) is 2.98. The van der Waals surface area contributed by atoms with Crippen LogP contribution in [0.1, 0.15) is 23.3 Å². The number of H-pyrrole nitrogens is 1. The van der Waals surface area contributed by atoms with Gasteiger partial charge in [0.2, 0.25) is 0 Å². The van der Waals surface area contributed by atoms with Crippen molar-refractivity contribution in [2.24, 2.45) is 5.41 Å². The number of aromatic nitrogens is 2. The molecular formula is C16H22N4O2. The van der Waals surface area contributed by atoms with Gasteiger partial charge < -0.3 is 15.4 Å². The van der Waals surface area contributed by atoms with Crippen LogP contribution in [0.15, 0.2) is 24.3 Å². The van der Waals surface area contributed by atoms with Gasteiger partial charge in [0.15, 0.2) is 5.69 Å². The number of fused-ring (bicyclic) bond motifs is 1. The highest BCUT2D eigenvalue weighted by Crippen LogP contribution is 2.28. The number of hydrogen-bond donors (Lipinski definition) is 3. The third-order valence-corrected chi connectivity index (χ3v) is 4.42. The summed E-state index contributed by atoms with van der Waals surface area (Å²) in [7, 11) is 1.72. The van der Waals surface area contributed by atoms with Crippen LogP contribution in [0.3, 0.4) is 0 Å². The molecule has 0 aliphatic carbocycles. The van der Waals surface area contributed by atoms with Crippen molar-refractivity contribution in [2.75, 3.05) is 33.4 Å². The molecule has 2 aromatic rings. The molecule has 1 aromatic carbocycles. The first-order chi connectivity index (χ1) is 10.7. The van der Waals surface area contributed by atoms with E-state index in [-0.39, 0.29) is 11.3 Å². The summed E-state index contributed by atoms with van der Waals surface area (Å²) in [5.74, 6) is -0.133. The topological polar surface area (TPSA) is 79.0 Å². The van der Waals surface area contributed by atoms with Crippen LogP contribution in [0.2, 0.25) is 0 Å². The van der Waals surface area contributed by atoms with Crippen molar-refractivity contribution >= 4 is 16.8 Å². The van der Waals surface area contributed by atoms with Crippen LogP contribution in [0, 0.1) is 5.41 Å². The monoisotopic (exact) mass is 302 g/mol. The lowest BCUT2D eigenvalue weighted by atomic mass is 9.79. The fourth-order valence-corrected chi connectivity index (χ4v) is 3.12. The van der Waals surface area contributed by atoms with Crippen LogP contribution in [0.25, 0.3) is 10.9 Å². The van der Waals surface area contributed by atoms with E-state index in [1.807, 2.05) is 24.3 Å². The SMILES string of the molecule is COCC1(CNC(=O)c2n[nH]c3ccccc23)CCNCC1. The Morgan fingerprint density at radius 3 is 2.91 bits per heavy atom. The Hall–Kier alpha value is -1.92. The Kier molecular flexibility index (Phi) is 4.40. The minimum Gasteiger partial charge on any atom is -0.384 e. The molecule has 3 rings (SSSR count). The molecular weight excluding hydrogens is 280 g/mol. The van der Waals surface area contributed by atoms with Crippen LogP contribution in [0.4, 0.5) is 0 Å². The molecule has 1 amide bonds. The summed E-state index contributed by atoms with van der Waals surface area (Å²) >= 11 is 0.